The van der Waals surface area contributed by atoms with Crippen LogP contribution in [0.2, 0.25) is 0 Å². The summed E-state index contributed by atoms with van der Waals surface area (Å²) >= 11 is 0. The Kier molecular flexibility index (Phi) is 9.69. The Morgan fingerprint density at radius 3 is 2.45 bits per heavy atom. The quantitative estimate of drug-likeness (QED) is 0.207. The molecule has 0 bridgehead atoms. The Balaban J connectivity index is 1.56. The van der Waals surface area contributed by atoms with Crippen molar-refractivity contribution in [3.63, 3.8) is 0 Å². The van der Waals surface area contributed by atoms with Crippen molar-refractivity contribution in [2.45, 2.75) is 77.6 Å². The van der Waals surface area contributed by atoms with E-state index in [1.807, 2.05) is 50.2 Å². The number of ether oxygens (including phenoxy) is 1. The summed E-state index contributed by atoms with van der Waals surface area (Å²) in [7, 11) is 0. The number of benzene rings is 2. The third-order valence-electron chi connectivity index (χ3n) is 7.27. The van der Waals surface area contributed by atoms with Gasteiger partial charge in [0.15, 0.2) is 5.78 Å². The lowest BCUT2D eigenvalue weighted by Gasteiger charge is -2.17. The van der Waals surface area contributed by atoms with Crippen molar-refractivity contribution in [3.05, 3.63) is 58.7 Å². The zero-order chi connectivity index (χ0) is 28.6. The van der Waals surface area contributed by atoms with Crippen LogP contribution < -0.4 is 5.32 Å². The minimum absolute atomic E-state index is 0.00658. The minimum atomic E-state index is -1.14. The van der Waals surface area contributed by atoms with Crippen LogP contribution in [-0.4, -0.2) is 47.9 Å². The number of nitrogens with zero attached hydrogens (tertiary/aromatic N) is 1. The Hall–Kier alpha value is -4.01. The molecule has 9 nitrogen and oxygen atoms in total. The third kappa shape index (κ3) is 6.58. The van der Waals surface area contributed by atoms with Gasteiger partial charge in [0, 0.05) is 43.7 Å². The van der Waals surface area contributed by atoms with E-state index in [1.165, 1.54) is 0 Å². The van der Waals surface area contributed by atoms with Gasteiger partial charge in [0.2, 0.25) is 5.91 Å². The fourth-order valence-electron chi connectivity index (χ4n) is 5.21. The number of Topliss-reactive ketones (excluding diaryl/α,β-unsaturated/α-hetero) is 1. The first-order chi connectivity index (χ1) is 19.3. The zero-order valence-corrected chi connectivity index (χ0v) is 23.1. The number of carbonyl (C=O) groups excluding carboxylic acids is 5. The molecule has 1 aliphatic heterocycles. The second-order valence-corrected chi connectivity index (χ2v) is 10.2. The van der Waals surface area contributed by atoms with Crippen molar-refractivity contribution < 1.29 is 33.5 Å². The second-order valence-electron chi connectivity index (χ2n) is 10.2. The van der Waals surface area contributed by atoms with E-state index in [0.29, 0.717) is 42.9 Å². The number of unbranched alkanes of at least 4 members (excludes halogenated alkanes) is 1. The molecule has 2 aliphatic rings. The highest BCUT2D eigenvalue weighted by molar-refractivity contribution is 6.05. The van der Waals surface area contributed by atoms with E-state index in [4.69, 9.17) is 9.57 Å². The maximum absolute atomic E-state index is 13.1. The number of rotatable bonds is 13. The van der Waals surface area contributed by atoms with Gasteiger partial charge in [-0.25, -0.2) is 4.79 Å². The highest BCUT2D eigenvalue weighted by Gasteiger charge is 2.36. The summed E-state index contributed by atoms with van der Waals surface area (Å²) in [6, 6.07) is 11.7. The number of hydrogen-bond acceptors (Lipinski definition) is 7. The molecule has 0 radical (unpaired) electrons. The van der Waals surface area contributed by atoms with Gasteiger partial charge in [-0.2, -0.15) is 0 Å². The molecule has 40 heavy (non-hydrogen) atoms. The van der Waals surface area contributed by atoms with Crippen molar-refractivity contribution in [2.75, 3.05) is 13.2 Å². The molecule has 3 amide bonds. The van der Waals surface area contributed by atoms with Gasteiger partial charge in [-0.3, -0.25) is 24.0 Å². The highest BCUT2D eigenvalue weighted by Crippen LogP contribution is 2.47. The molecule has 1 atom stereocenters. The summed E-state index contributed by atoms with van der Waals surface area (Å²) in [6.45, 7) is 4.63. The van der Waals surface area contributed by atoms with Crippen LogP contribution in [0.15, 0.2) is 36.4 Å². The predicted molar refractivity (Wildman–Crippen MR) is 147 cm³/mol. The SMILES string of the molecule is CCCCC(=O)c1cccc2c1-c1ccc(CCCC(=O)NCCC)cc1C2COC(=O)ON1C(=O)CCC1=O. The lowest BCUT2D eigenvalue weighted by molar-refractivity contribution is -0.177. The van der Waals surface area contributed by atoms with E-state index >= 15 is 0 Å². The molecular weight excluding hydrogens is 512 g/mol. The molecule has 1 N–H and O–H groups in total. The first-order valence-corrected chi connectivity index (χ1v) is 14.1. The fraction of sp³-hybridized carbons (Fsp3) is 0.452. The number of amides is 3. The summed E-state index contributed by atoms with van der Waals surface area (Å²) in [5.41, 5.74) is 5.22. The van der Waals surface area contributed by atoms with Crippen LogP contribution in [-0.2, 0) is 30.4 Å². The average molecular weight is 549 g/mol. The topological polar surface area (TPSA) is 119 Å². The van der Waals surface area contributed by atoms with Crippen molar-refractivity contribution in [2.24, 2.45) is 0 Å². The Bertz CT molecular complexity index is 1290. The van der Waals surface area contributed by atoms with Gasteiger partial charge in [0.1, 0.15) is 6.61 Å². The second kappa shape index (κ2) is 13.4. The van der Waals surface area contributed by atoms with Gasteiger partial charge in [0.05, 0.1) is 0 Å². The fourth-order valence-corrected chi connectivity index (χ4v) is 5.21. The van der Waals surface area contributed by atoms with E-state index in [1.54, 1.807) is 0 Å². The van der Waals surface area contributed by atoms with E-state index in [2.05, 4.69) is 5.32 Å². The molecule has 0 saturated carbocycles. The summed E-state index contributed by atoms with van der Waals surface area (Å²) < 4.78 is 5.41. The summed E-state index contributed by atoms with van der Waals surface area (Å²) in [5.74, 6) is -1.43. The largest absolute Gasteiger partial charge is 0.533 e. The molecule has 2 aromatic carbocycles. The lowest BCUT2D eigenvalue weighted by Crippen LogP contribution is -2.32. The number of imide groups is 1. The number of nitrogens with one attached hydrogen (secondary N) is 1. The summed E-state index contributed by atoms with van der Waals surface area (Å²) in [4.78, 5) is 66.1. The monoisotopic (exact) mass is 548 g/mol. The van der Waals surface area contributed by atoms with Crippen LogP contribution in [0, 0.1) is 0 Å². The number of aryl methyl sites for hydroxylation is 1. The van der Waals surface area contributed by atoms with E-state index < -0.39 is 18.0 Å². The number of fused-ring (bicyclic) bond motifs is 3. The normalized spacial score (nSPS) is 15.6. The standard InChI is InChI=1S/C31H36N2O7/c1-3-5-11-26(34)23-10-7-9-21-25(19-39-31(38)40-33-28(36)15-16-29(33)37)24-18-20(13-14-22(24)30(21)23)8-6-12-27(35)32-17-4-2/h7,9-10,13-14,18,25H,3-6,8,11-12,15-17,19H2,1-2H3,(H,32,35). The van der Waals surface area contributed by atoms with Crippen LogP contribution in [0.25, 0.3) is 11.1 Å². The molecule has 1 aliphatic carbocycles. The molecule has 4 rings (SSSR count). The van der Waals surface area contributed by atoms with Gasteiger partial charge in [-0.05, 0) is 53.5 Å². The smallest absolute Gasteiger partial charge is 0.432 e. The molecule has 9 heteroatoms. The van der Waals surface area contributed by atoms with Crippen molar-refractivity contribution in [1.29, 1.82) is 0 Å². The minimum Gasteiger partial charge on any atom is -0.432 e. The van der Waals surface area contributed by atoms with Crippen molar-refractivity contribution in [3.8, 4) is 11.1 Å². The molecule has 0 spiro atoms. The van der Waals surface area contributed by atoms with Crippen LogP contribution in [0.1, 0.15) is 98.2 Å². The Morgan fingerprint density at radius 2 is 1.73 bits per heavy atom. The maximum atomic E-state index is 13.1. The average Bonchev–Trinajstić information content (AvgIpc) is 3.44. The number of hydroxylamine groups is 2. The first-order valence-electron chi connectivity index (χ1n) is 14.1. The van der Waals surface area contributed by atoms with E-state index in [0.717, 1.165) is 47.1 Å². The number of ketones is 1. The van der Waals surface area contributed by atoms with Gasteiger partial charge in [-0.1, -0.05) is 61.7 Å². The van der Waals surface area contributed by atoms with E-state index in [-0.39, 0.29) is 37.1 Å². The molecule has 2 aromatic rings. The van der Waals surface area contributed by atoms with E-state index in [9.17, 15) is 24.0 Å². The molecule has 0 aromatic heterocycles. The molecule has 212 valence electrons. The van der Waals surface area contributed by atoms with Gasteiger partial charge in [-0.15, -0.1) is 0 Å². The van der Waals surface area contributed by atoms with Crippen LogP contribution in [0.5, 0.6) is 0 Å². The van der Waals surface area contributed by atoms with Crippen molar-refractivity contribution >= 4 is 29.7 Å². The van der Waals surface area contributed by atoms with Gasteiger partial charge in [0.25, 0.3) is 11.8 Å². The van der Waals surface area contributed by atoms with Crippen LogP contribution in [0.4, 0.5) is 4.79 Å². The summed E-state index contributed by atoms with van der Waals surface area (Å²) in [5, 5.41) is 3.35. The first kappa shape index (κ1) is 29.0. The number of carbonyl (C=O) groups is 5. The van der Waals surface area contributed by atoms with Crippen LogP contribution >= 0.6 is 0 Å². The molecular formula is C31H36N2O7. The molecule has 1 saturated heterocycles. The molecule has 1 unspecified atom stereocenters. The lowest BCUT2D eigenvalue weighted by atomic mass is 9.93. The maximum Gasteiger partial charge on any atom is 0.533 e. The van der Waals surface area contributed by atoms with Gasteiger partial charge >= 0.3 is 6.16 Å². The predicted octanol–water partition coefficient (Wildman–Crippen LogP) is 5.24. The molecule has 1 heterocycles. The third-order valence-corrected chi connectivity index (χ3v) is 7.27. The Labute approximate surface area is 234 Å². The molecule has 1 fully saturated rings. The Morgan fingerprint density at radius 1 is 0.950 bits per heavy atom. The van der Waals surface area contributed by atoms with Gasteiger partial charge < -0.3 is 10.1 Å². The van der Waals surface area contributed by atoms with Crippen LogP contribution in [0.3, 0.4) is 0 Å². The zero-order valence-electron chi connectivity index (χ0n) is 23.1. The number of hydrogen-bond donors (Lipinski definition) is 1. The highest BCUT2D eigenvalue weighted by atomic mass is 16.8. The van der Waals surface area contributed by atoms with Crippen molar-refractivity contribution in [1.82, 2.24) is 10.4 Å². The summed E-state index contributed by atoms with van der Waals surface area (Å²) in [6.07, 6.45) is 3.72.